The van der Waals surface area contributed by atoms with Gasteiger partial charge < -0.3 is 5.32 Å². The monoisotopic (exact) mass is 410 g/mol. The van der Waals surface area contributed by atoms with Crippen LogP contribution in [0, 0.1) is 12.8 Å². The SMILES string of the molecule is CCCNC(=O)NC(=O)CN1CCCC(CNS(=O)(=O)c2ccc(C)cc2)C1. The van der Waals surface area contributed by atoms with E-state index in [-0.39, 0.29) is 23.3 Å². The highest BCUT2D eigenvalue weighted by atomic mass is 32.2. The average molecular weight is 411 g/mol. The molecule has 1 unspecified atom stereocenters. The van der Waals surface area contributed by atoms with Crippen LogP contribution in [0.2, 0.25) is 0 Å². The maximum Gasteiger partial charge on any atom is 0.321 e. The summed E-state index contributed by atoms with van der Waals surface area (Å²) in [6, 6.07) is 6.25. The number of nitrogens with zero attached hydrogens (tertiary/aromatic N) is 1. The van der Waals surface area contributed by atoms with Crippen molar-refractivity contribution in [2.75, 3.05) is 32.7 Å². The largest absolute Gasteiger partial charge is 0.338 e. The Labute approximate surface area is 167 Å². The first kappa shape index (κ1) is 22.3. The smallest absolute Gasteiger partial charge is 0.321 e. The summed E-state index contributed by atoms with van der Waals surface area (Å²) >= 11 is 0. The number of amides is 3. The number of urea groups is 1. The van der Waals surface area contributed by atoms with E-state index < -0.39 is 16.1 Å². The number of hydrogen-bond acceptors (Lipinski definition) is 5. The summed E-state index contributed by atoms with van der Waals surface area (Å²) in [7, 11) is -3.54. The van der Waals surface area contributed by atoms with Gasteiger partial charge >= 0.3 is 6.03 Å². The van der Waals surface area contributed by atoms with Crippen molar-refractivity contribution in [2.45, 2.75) is 38.0 Å². The second-order valence-corrected chi connectivity index (χ2v) is 8.98. The lowest BCUT2D eigenvalue weighted by Gasteiger charge is -2.32. The Morgan fingerprint density at radius 3 is 2.61 bits per heavy atom. The Morgan fingerprint density at radius 1 is 1.21 bits per heavy atom. The van der Waals surface area contributed by atoms with Gasteiger partial charge in [-0.25, -0.2) is 17.9 Å². The number of likely N-dealkylation sites (tertiary alicyclic amines) is 1. The summed E-state index contributed by atoms with van der Waals surface area (Å²) in [5.41, 5.74) is 1.00. The molecule has 1 saturated heterocycles. The van der Waals surface area contributed by atoms with Crippen LogP contribution in [0.15, 0.2) is 29.2 Å². The molecule has 0 radical (unpaired) electrons. The number of hydrogen-bond donors (Lipinski definition) is 3. The first-order valence-electron chi connectivity index (χ1n) is 9.66. The molecule has 3 N–H and O–H groups in total. The second-order valence-electron chi connectivity index (χ2n) is 7.21. The van der Waals surface area contributed by atoms with Crippen molar-refractivity contribution < 1.29 is 18.0 Å². The van der Waals surface area contributed by atoms with Gasteiger partial charge in [0, 0.05) is 19.6 Å². The Morgan fingerprint density at radius 2 is 1.93 bits per heavy atom. The van der Waals surface area contributed by atoms with Crippen molar-refractivity contribution in [1.82, 2.24) is 20.3 Å². The van der Waals surface area contributed by atoms with E-state index in [2.05, 4.69) is 15.4 Å². The second kappa shape index (κ2) is 10.5. The van der Waals surface area contributed by atoms with Gasteiger partial charge in [-0.1, -0.05) is 24.6 Å². The van der Waals surface area contributed by atoms with Crippen molar-refractivity contribution in [3.8, 4) is 0 Å². The molecule has 1 aliphatic rings. The molecule has 8 nitrogen and oxygen atoms in total. The van der Waals surface area contributed by atoms with E-state index in [1.54, 1.807) is 24.3 Å². The summed E-state index contributed by atoms with van der Waals surface area (Å²) in [5.74, 6) is -0.231. The van der Waals surface area contributed by atoms with E-state index in [9.17, 15) is 18.0 Å². The third-order valence-electron chi connectivity index (χ3n) is 4.65. The molecular formula is C19H30N4O4S. The van der Waals surface area contributed by atoms with Crippen LogP contribution in [0.4, 0.5) is 4.79 Å². The van der Waals surface area contributed by atoms with Gasteiger partial charge in [0.25, 0.3) is 0 Å². The molecule has 3 amide bonds. The van der Waals surface area contributed by atoms with Crippen LogP contribution < -0.4 is 15.4 Å². The van der Waals surface area contributed by atoms with Crippen LogP contribution in [0.3, 0.4) is 0 Å². The molecule has 0 aromatic heterocycles. The average Bonchev–Trinajstić information content (AvgIpc) is 2.65. The predicted molar refractivity (Wildman–Crippen MR) is 107 cm³/mol. The molecule has 0 saturated carbocycles. The number of aryl methyl sites for hydroxylation is 1. The number of imide groups is 1. The van der Waals surface area contributed by atoms with Gasteiger partial charge in [-0.15, -0.1) is 0 Å². The van der Waals surface area contributed by atoms with Crippen molar-refractivity contribution in [3.05, 3.63) is 29.8 Å². The number of carbonyl (C=O) groups excluding carboxylic acids is 2. The summed E-state index contributed by atoms with van der Waals surface area (Å²) < 4.78 is 27.5. The number of rotatable bonds is 8. The molecule has 1 atom stereocenters. The molecule has 1 aromatic rings. The number of carbonyl (C=O) groups is 2. The molecule has 1 aromatic carbocycles. The fraction of sp³-hybridized carbons (Fsp3) is 0.579. The zero-order valence-electron chi connectivity index (χ0n) is 16.5. The number of nitrogens with one attached hydrogen (secondary N) is 3. The van der Waals surface area contributed by atoms with Crippen molar-refractivity contribution in [3.63, 3.8) is 0 Å². The van der Waals surface area contributed by atoms with E-state index in [0.717, 1.165) is 31.4 Å². The van der Waals surface area contributed by atoms with Gasteiger partial charge in [0.1, 0.15) is 0 Å². The van der Waals surface area contributed by atoms with Crippen molar-refractivity contribution in [2.24, 2.45) is 5.92 Å². The van der Waals surface area contributed by atoms with Gasteiger partial charge in [-0.3, -0.25) is 15.0 Å². The molecule has 0 spiro atoms. The third kappa shape index (κ3) is 7.21. The predicted octanol–water partition coefficient (Wildman–Crippen LogP) is 1.22. The van der Waals surface area contributed by atoms with Crippen LogP contribution in [0.5, 0.6) is 0 Å². The van der Waals surface area contributed by atoms with Gasteiger partial charge in [-0.05, 0) is 50.8 Å². The van der Waals surface area contributed by atoms with Gasteiger partial charge in [0.15, 0.2) is 0 Å². The van der Waals surface area contributed by atoms with E-state index in [0.29, 0.717) is 19.6 Å². The Kier molecular flexibility index (Phi) is 8.40. The Hall–Kier alpha value is -1.97. The van der Waals surface area contributed by atoms with Crippen LogP contribution in [-0.4, -0.2) is 58.0 Å². The maximum atomic E-state index is 12.4. The lowest BCUT2D eigenvalue weighted by atomic mass is 9.98. The first-order chi connectivity index (χ1) is 13.3. The summed E-state index contributed by atoms with van der Waals surface area (Å²) in [6.07, 6.45) is 2.58. The van der Waals surface area contributed by atoms with Crippen molar-refractivity contribution in [1.29, 1.82) is 0 Å². The highest BCUT2D eigenvalue weighted by Gasteiger charge is 2.24. The highest BCUT2D eigenvalue weighted by Crippen LogP contribution is 2.17. The van der Waals surface area contributed by atoms with E-state index >= 15 is 0 Å². The molecule has 156 valence electrons. The fourth-order valence-electron chi connectivity index (χ4n) is 3.14. The first-order valence-corrected chi connectivity index (χ1v) is 11.1. The molecule has 0 bridgehead atoms. The van der Waals surface area contributed by atoms with Gasteiger partial charge in [0.2, 0.25) is 15.9 Å². The fourth-order valence-corrected chi connectivity index (χ4v) is 4.26. The van der Waals surface area contributed by atoms with Crippen LogP contribution in [0.25, 0.3) is 0 Å². The normalized spacial score (nSPS) is 17.9. The number of benzene rings is 1. The molecular weight excluding hydrogens is 380 g/mol. The standard InChI is InChI=1S/C19H30N4O4S/c1-3-10-20-19(25)22-18(24)14-23-11-4-5-16(13-23)12-21-28(26,27)17-8-6-15(2)7-9-17/h6-9,16,21H,3-5,10-14H2,1-2H3,(H2,20,22,24,25). The Bertz CT molecular complexity index is 765. The van der Waals surface area contributed by atoms with Crippen LogP contribution in [0.1, 0.15) is 31.7 Å². The minimum atomic E-state index is -3.54. The van der Waals surface area contributed by atoms with E-state index in [4.69, 9.17) is 0 Å². The lowest BCUT2D eigenvalue weighted by Crippen LogP contribution is -2.48. The molecule has 28 heavy (non-hydrogen) atoms. The van der Waals surface area contributed by atoms with Crippen molar-refractivity contribution >= 4 is 22.0 Å². The van der Waals surface area contributed by atoms with Gasteiger partial charge in [-0.2, -0.15) is 0 Å². The molecule has 2 rings (SSSR count). The molecule has 1 heterocycles. The van der Waals surface area contributed by atoms with Gasteiger partial charge in [0.05, 0.1) is 11.4 Å². The molecule has 1 fully saturated rings. The zero-order valence-corrected chi connectivity index (χ0v) is 17.3. The zero-order chi connectivity index (χ0) is 20.6. The van der Waals surface area contributed by atoms with Crippen LogP contribution in [-0.2, 0) is 14.8 Å². The minimum Gasteiger partial charge on any atom is -0.338 e. The number of sulfonamides is 1. The lowest BCUT2D eigenvalue weighted by molar-refractivity contribution is -0.121. The minimum absolute atomic E-state index is 0.121. The van der Waals surface area contributed by atoms with E-state index in [1.807, 2.05) is 18.7 Å². The highest BCUT2D eigenvalue weighted by molar-refractivity contribution is 7.89. The van der Waals surface area contributed by atoms with Crippen LogP contribution >= 0.6 is 0 Å². The maximum absolute atomic E-state index is 12.4. The third-order valence-corrected chi connectivity index (χ3v) is 6.09. The topological polar surface area (TPSA) is 108 Å². The Balaban J connectivity index is 1.80. The molecule has 9 heteroatoms. The molecule has 1 aliphatic heterocycles. The summed E-state index contributed by atoms with van der Waals surface area (Å²) in [4.78, 5) is 25.8. The summed E-state index contributed by atoms with van der Waals surface area (Å²) in [5, 5.41) is 4.92. The summed E-state index contributed by atoms with van der Waals surface area (Å²) in [6.45, 7) is 6.18. The molecule has 0 aliphatic carbocycles. The number of piperidine rings is 1. The quantitative estimate of drug-likeness (QED) is 0.597. The van der Waals surface area contributed by atoms with E-state index in [1.165, 1.54) is 0 Å².